The molecule has 2 N–H and O–H groups in total. The van der Waals surface area contributed by atoms with Crippen LogP contribution >= 0.6 is 0 Å². The number of hydrogen-bond acceptors (Lipinski definition) is 6. The molecule has 1 fully saturated rings. The number of sulfonamides is 1. The number of piperazine rings is 1. The predicted octanol–water partition coefficient (Wildman–Crippen LogP) is 5.38. The molecule has 0 spiro atoms. The molecule has 1 amide bonds. The van der Waals surface area contributed by atoms with Gasteiger partial charge in [-0.05, 0) is 78.7 Å². The molecule has 1 heterocycles. The topological polar surface area (TPSA) is 91.0 Å². The third-order valence-electron chi connectivity index (χ3n) is 7.11. The number of hydrogen-bond donors (Lipinski definition) is 2. The first-order valence-corrected chi connectivity index (χ1v) is 15.0. The molecule has 9 heteroatoms. The second-order valence-corrected chi connectivity index (χ2v) is 11.8. The number of carbonyl (C=O) groups excluding carboxylic acids is 1. The van der Waals surface area contributed by atoms with E-state index in [9.17, 15) is 13.2 Å². The Morgan fingerprint density at radius 1 is 0.829 bits per heavy atom. The van der Waals surface area contributed by atoms with Crippen molar-refractivity contribution in [2.75, 3.05) is 48.2 Å². The zero-order valence-corrected chi connectivity index (χ0v) is 24.0. The van der Waals surface area contributed by atoms with Gasteiger partial charge in [0.1, 0.15) is 5.75 Å². The summed E-state index contributed by atoms with van der Waals surface area (Å²) in [5.74, 6) is 0.640. The second-order valence-electron chi connectivity index (χ2n) is 10.1. The van der Waals surface area contributed by atoms with E-state index >= 15 is 0 Å². The highest BCUT2D eigenvalue weighted by Gasteiger charge is 2.20. The molecule has 41 heavy (non-hydrogen) atoms. The SMILES string of the molecule is COc1ccccc1N1CCN(Cc2ccc(C(=O)Nc3ccc(S(=O)(=O)Nc4cccc(C)c4)cc3)cc2)CC1. The number of aryl methyl sites for hydroxylation is 1. The molecular formula is C32H34N4O4S. The van der Waals surface area contributed by atoms with Gasteiger partial charge < -0.3 is 15.0 Å². The maximum absolute atomic E-state index is 12.8. The molecule has 0 aliphatic carbocycles. The molecule has 1 aliphatic rings. The maximum atomic E-state index is 12.8. The number of para-hydroxylation sites is 2. The van der Waals surface area contributed by atoms with Crippen LogP contribution in [0.3, 0.4) is 0 Å². The molecule has 0 bridgehead atoms. The number of nitrogens with one attached hydrogen (secondary N) is 2. The number of carbonyl (C=O) groups is 1. The molecular weight excluding hydrogens is 536 g/mol. The van der Waals surface area contributed by atoms with Crippen molar-refractivity contribution >= 4 is 33.0 Å². The van der Waals surface area contributed by atoms with E-state index in [-0.39, 0.29) is 10.8 Å². The lowest BCUT2D eigenvalue weighted by atomic mass is 10.1. The average Bonchev–Trinajstić information content (AvgIpc) is 2.98. The van der Waals surface area contributed by atoms with Crippen LogP contribution in [0, 0.1) is 6.92 Å². The van der Waals surface area contributed by atoms with Gasteiger partial charge in [0.2, 0.25) is 0 Å². The van der Waals surface area contributed by atoms with E-state index in [0.717, 1.165) is 55.3 Å². The van der Waals surface area contributed by atoms with Gasteiger partial charge in [0.15, 0.2) is 0 Å². The lowest BCUT2D eigenvalue weighted by Crippen LogP contribution is -2.46. The van der Waals surface area contributed by atoms with Gasteiger partial charge in [-0.1, -0.05) is 36.4 Å². The first-order valence-electron chi connectivity index (χ1n) is 13.5. The fraction of sp³-hybridized carbons (Fsp3) is 0.219. The van der Waals surface area contributed by atoms with E-state index < -0.39 is 10.0 Å². The first kappa shape index (κ1) is 28.2. The highest BCUT2D eigenvalue weighted by molar-refractivity contribution is 7.92. The molecule has 0 aromatic heterocycles. The van der Waals surface area contributed by atoms with E-state index in [4.69, 9.17) is 4.74 Å². The van der Waals surface area contributed by atoms with Gasteiger partial charge in [0.25, 0.3) is 15.9 Å². The van der Waals surface area contributed by atoms with Gasteiger partial charge in [-0.15, -0.1) is 0 Å². The van der Waals surface area contributed by atoms with Crippen molar-refractivity contribution in [3.05, 3.63) is 114 Å². The average molecular weight is 571 g/mol. The van der Waals surface area contributed by atoms with E-state index in [2.05, 4.69) is 25.9 Å². The number of anilines is 3. The smallest absolute Gasteiger partial charge is 0.261 e. The largest absolute Gasteiger partial charge is 0.495 e. The third kappa shape index (κ3) is 7.06. The van der Waals surface area contributed by atoms with Gasteiger partial charge in [-0.3, -0.25) is 14.4 Å². The standard InChI is InChI=1S/C32H34N4O4S/c1-24-6-5-7-28(22-24)34-41(38,39)29-16-14-27(15-17-29)33-32(37)26-12-10-25(11-13-26)23-35-18-20-36(21-19-35)30-8-3-4-9-31(30)40-2/h3-17,22,34H,18-21,23H2,1-2H3,(H,33,37). The molecule has 0 atom stereocenters. The summed E-state index contributed by atoms with van der Waals surface area (Å²) in [6.07, 6.45) is 0. The summed E-state index contributed by atoms with van der Waals surface area (Å²) < 4.78 is 33.6. The van der Waals surface area contributed by atoms with E-state index in [1.54, 1.807) is 37.4 Å². The lowest BCUT2D eigenvalue weighted by Gasteiger charge is -2.36. The van der Waals surface area contributed by atoms with Crippen LogP contribution in [-0.4, -0.2) is 52.5 Å². The van der Waals surface area contributed by atoms with Gasteiger partial charge in [-0.2, -0.15) is 0 Å². The van der Waals surface area contributed by atoms with Crippen molar-refractivity contribution in [3.8, 4) is 5.75 Å². The van der Waals surface area contributed by atoms with Gasteiger partial charge in [0.05, 0.1) is 17.7 Å². The van der Waals surface area contributed by atoms with Crippen LogP contribution in [0.5, 0.6) is 5.75 Å². The summed E-state index contributed by atoms with van der Waals surface area (Å²) in [6.45, 7) is 6.42. The zero-order chi connectivity index (χ0) is 28.8. The Balaban J connectivity index is 1.13. The summed E-state index contributed by atoms with van der Waals surface area (Å²) in [5.41, 5.74) is 4.78. The normalized spacial score (nSPS) is 14.0. The molecule has 8 nitrogen and oxygen atoms in total. The number of methoxy groups -OCH3 is 1. The third-order valence-corrected chi connectivity index (χ3v) is 8.51. The number of benzene rings is 4. The Morgan fingerprint density at radius 3 is 2.22 bits per heavy atom. The molecule has 0 saturated carbocycles. The molecule has 1 saturated heterocycles. The Morgan fingerprint density at radius 2 is 1.54 bits per heavy atom. The van der Waals surface area contributed by atoms with E-state index in [1.807, 2.05) is 55.5 Å². The van der Waals surface area contributed by atoms with Crippen LogP contribution in [-0.2, 0) is 16.6 Å². The molecule has 1 aliphatic heterocycles. The zero-order valence-electron chi connectivity index (χ0n) is 23.2. The van der Waals surface area contributed by atoms with Crippen LogP contribution in [0.15, 0.2) is 102 Å². The van der Waals surface area contributed by atoms with Gasteiger partial charge >= 0.3 is 0 Å². The summed E-state index contributed by atoms with van der Waals surface area (Å²) in [6, 6.07) is 29.0. The van der Waals surface area contributed by atoms with Crippen molar-refractivity contribution < 1.29 is 17.9 Å². The molecule has 4 aromatic rings. The fourth-order valence-electron chi connectivity index (χ4n) is 4.90. The van der Waals surface area contributed by atoms with Crippen molar-refractivity contribution in [2.45, 2.75) is 18.4 Å². The quantitative estimate of drug-likeness (QED) is 0.281. The summed E-state index contributed by atoms with van der Waals surface area (Å²) in [7, 11) is -2.04. The number of rotatable bonds is 9. The number of nitrogens with zero attached hydrogens (tertiary/aromatic N) is 2. The number of amides is 1. The Bertz CT molecular complexity index is 1600. The lowest BCUT2D eigenvalue weighted by molar-refractivity contribution is 0.102. The van der Waals surface area contributed by atoms with E-state index in [0.29, 0.717) is 16.9 Å². The highest BCUT2D eigenvalue weighted by Crippen LogP contribution is 2.28. The summed E-state index contributed by atoms with van der Waals surface area (Å²) in [4.78, 5) is 17.7. The molecule has 212 valence electrons. The van der Waals surface area contributed by atoms with Crippen molar-refractivity contribution in [2.24, 2.45) is 0 Å². The van der Waals surface area contributed by atoms with Crippen molar-refractivity contribution in [1.82, 2.24) is 4.90 Å². The van der Waals surface area contributed by atoms with Crippen LogP contribution < -0.4 is 19.7 Å². The fourth-order valence-corrected chi connectivity index (χ4v) is 5.95. The van der Waals surface area contributed by atoms with E-state index in [1.165, 1.54) is 12.1 Å². The van der Waals surface area contributed by atoms with Crippen LogP contribution in [0.2, 0.25) is 0 Å². The molecule has 0 radical (unpaired) electrons. The summed E-state index contributed by atoms with van der Waals surface area (Å²) in [5, 5.41) is 2.84. The Hall–Kier alpha value is -4.34. The Kier molecular flexibility index (Phi) is 8.56. The minimum atomic E-state index is -3.74. The van der Waals surface area contributed by atoms with Crippen molar-refractivity contribution in [1.29, 1.82) is 0 Å². The van der Waals surface area contributed by atoms with Crippen molar-refractivity contribution in [3.63, 3.8) is 0 Å². The van der Waals surface area contributed by atoms with Gasteiger partial charge in [-0.25, -0.2) is 8.42 Å². The monoisotopic (exact) mass is 570 g/mol. The number of ether oxygens (including phenoxy) is 1. The molecule has 0 unspecified atom stereocenters. The maximum Gasteiger partial charge on any atom is 0.261 e. The second kappa shape index (κ2) is 12.4. The highest BCUT2D eigenvalue weighted by atomic mass is 32.2. The summed E-state index contributed by atoms with van der Waals surface area (Å²) >= 11 is 0. The van der Waals surface area contributed by atoms with Crippen LogP contribution in [0.1, 0.15) is 21.5 Å². The minimum Gasteiger partial charge on any atom is -0.495 e. The van der Waals surface area contributed by atoms with Crippen LogP contribution in [0.4, 0.5) is 17.1 Å². The molecule has 5 rings (SSSR count). The molecule has 4 aromatic carbocycles. The minimum absolute atomic E-state index is 0.116. The van der Waals surface area contributed by atoms with Gasteiger partial charge in [0, 0.05) is 49.7 Å². The van der Waals surface area contributed by atoms with Crippen LogP contribution in [0.25, 0.3) is 0 Å². The first-order chi connectivity index (χ1) is 19.8. The Labute approximate surface area is 241 Å². The predicted molar refractivity (Wildman–Crippen MR) is 163 cm³/mol.